The number of benzene rings is 1. The maximum absolute atomic E-state index is 5.30. The van der Waals surface area contributed by atoms with Gasteiger partial charge in [0.25, 0.3) is 0 Å². The summed E-state index contributed by atoms with van der Waals surface area (Å²) in [6, 6.07) is 7.82. The third-order valence-electron chi connectivity index (χ3n) is 1.48. The quantitative estimate of drug-likeness (QED) is 0.768. The maximum atomic E-state index is 5.30. The molecule has 0 radical (unpaired) electrons. The van der Waals surface area contributed by atoms with E-state index in [4.69, 9.17) is 4.74 Å². The number of hydrogen-bond donors (Lipinski definition) is 0. The summed E-state index contributed by atoms with van der Waals surface area (Å²) in [4.78, 5) is 0. The van der Waals surface area contributed by atoms with E-state index in [0.29, 0.717) is 6.61 Å². The molecule has 0 aliphatic carbocycles. The Kier molecular flexibility index (Phi) is 3.35. The van der Waals surface area contributed by atoms with Crippen LogP contribution in [-0.4, -0.2) is 6.61 Å². The number of hydrogen-bond acceptors (Lipinski definition) is 1. The highest BCUT2D eigenvalue weighted by Crippen LogP contribution is 2.21. The lowest BCUT2D eigenvalue weighted by Gasteiger charge is -2.03. The van der Waals surface area contributed by atoms with Gasteiger partial charge in [0.1, 0.15) is 5.75 Å². The summed E-state index contributed by atoms with van der Waals surface area (Å²) >= 11 is 3.31. The molecule has 0 N–H and O–H groups in total. The molecule has 0 aliphatic heterocycles. The minimum absolute atomic E-state index is 0.703. The Labute approximate surface area is 81.2 Å². The molecule has 0 heterocycles. The van der Waals surface area contributed by atoms with Crippen LogP contribution in [0, 0.1) is 0 Å². The van der Waals surface area contributed by atoms with Gasteiger partial charge in [-0.2, -0.15) is 0 Å². The summed E-state index contributed by atoms with van der Waals surface area (Å²) in [5.41, 5.74) is 1.08. The average Bonchev–Trinajstić information content (AvgIpc) is 2.06. The molecular weight excluding hydrogens is 216 g/mol. The van der Waals surface area contributed by atoms with Gasteiger partial charge < -0.3 is 4.74 Å². The van der Waals surface area contributed by atoms with Crippen molar-refractivity contribution >= 4 is 20.4 Å². The highest BCUT2D eigenvalue weighted by molar-refractivity contribution is 9.15. The summed E-state index contributed by atoms with van der Waals surface area (Å²) in [6.07, 6.45) is 0. The molecule has 1 aromatic rings. The second kappa shape index (κ2) is 4.31. The molecule has 0 unspecified atom stereocenters. The van der Waals surface area contributed by atoms with Crippen molar-refractivity contribution in [3.05, 3.63) is 36.4 Å². The standard InChI is InChI=1S/C10H11BrO/c1-3-12-10-6-4-9(5-7-10)8(2)11/h4-7H,2-3H2,1H3. The van der Waals surface area contributed by atoms with Crippen LogP contribution in [0.2, 0.25) is 0 Å². The SMILES string of the molecule is C=C(Br)c1ccc(OCC)cc1. The van der Waals surface area contributed by atoms with E-state index in [1.807, 2.05) is 31.2 Å². The molecule has 1 rings (SSSR count). The fourth-order valence-corrected chi connectivity index (χ4v) is 1.16. The Bertz CT molecular complexity index is 264. The van der Waals surface area contributed by atoms with Crippen LogP contribution in [0.25, 0.3) is 4.48 Å². The van der Waals surface area contributed by atoms with Crippen molar-refractivity contribution in [1.82, 2.24) is 0 Å². The molecule has 12 heavy (non-hydrogen) atoms. The van der Waals surface area contributed by atoms with Gasteiger partial charge in [-0.3, -0.25) is 0 Å². The Morgan fingerprint density at radius 2 is 2.00 bits per heavy atom. The first-order valence-corrected chi connectivity index (χ1v) is 4.61. The lowest BCUT2D eigenvalue weighted by Crippen LogP contribution is -1.90. The molecule has 0 fully saturated rings. The van der Waals surface area contributed by atoms with Crippen molar-refractivity contribution in [2.45, 2.75) is 6.92 Å². The second-order valence-corrected chi connectivity index (χ2v) is 3.32. The van der Waals surface area contributed by atoms with Crippen molar-refractivity contribution < 1.29 is 4.74 Å². The van der Waals surface area contributed by atoms with Gasteiger partial charge in [0.05, 0.1) is 6.61 Å². The first-order chi connectivity index (χ1) is 5.74. The number of halogens is 1. The van der Waals surface area contributed by atoms with Gasteiger partial charge in [0.15, 0.2) is 0 Å². The molecule has 2 heteroatoms. The molecule has 1 nitrogen and oxygen atoms in total. The van der Waals surface area contributed by atoms with Gasteiger partial charge in [0.2, 0.25) is 0 Å². The molecule has 64 valence electrons. The summed E-state index contributed by atoms with van der Waals surface area (Å²) < 4.78 is 6.19. The first-order valence-electron chi connectivity index (χ1n) is 3.81. The smallest absolute Gasteiger partial charge is 0.119 e. The third-order valence-corrected chi connectivity index (χ3v) is 1.94. The van der Waals surface area contributed by atoms with E-state index in [9.17, 15) is 0 Å². The minimum Gasteiger partial charge on any atom is -0.494 e. The van der Waals surface area contributed by atoms with E-state index in [0.717, 1.165) is 15.8 Å². The normalized spacial score (nSPS) is 9.50. The topological polar surface area (TPSA) is 9.23 Å². The number of ether oxygens (including phenoxy) is 1. The van der Waals surface area contributed by atoms with Crippen LogP contribution >= 0.6 is 15.9 Å². The lowest BCUT2D eigenvalue weighted by atomic mass is 10.2. The molecule has 0 amide bonds. The lowest BCUT2D eigenvalue weighted by molar-refractivity contribution is 0.340. The van der Waals surface area contributed by atoms with Gasteiger partial charge in [-0.05, 0) is 24.6 Å². The molecule has 0 atom stereocenters. The molecule has 1 aromatic carbocycles. The van der Waals surface area contributed by atoms with Gasteiger partial charge in [-0.25, -0.2) is 0 Å². The Morgan fingerprint density at radius 3 is 2.42 bits per heavy atom. The first kappa shape index (κ1) is 9.33. The molecular formula is C10H11BrO. The molecule has 0 saturated carbocycles. The Morgan fingerprint density at radius 1 is 1.42 bits per heavy atom. The highest BCUT2D eigenvalue weighted by atomic mass is 79.9. The maximum Gasteiger partial charge on any atom is 0.119 e. The number of rotatable bonds is 3. The molecule has 0 bridgehead atoms. The van der Waals surface area contributed by atoms with Crippen molar-refractivity contribution in [2.75, 3.05) is 6.61 Å². The van der Waals surface area contributed by atoms with Gasteiger partial charge in [-0.1, -0.05) is 34.6 Å². The van der Waals surface area contributed by atoms with E-state index >= 15 is 0 Å². The molecule has 0 aromatic heterocycles. The zero-order valence-corrected chi connectivity index (χ0v) is 8.60. The average molecular weight is 227 g/mol. The predicted molar refractivity (Wildman–Crippen MR) is 55.6 cm³/mol. The van der Waals surface area contributed by atoms with Crippen LogP contribution in [0.15, 0.2) is 30.8 Å². The zero-order valence-electron chi connectivity index (χ0n) is 7.01. The highest BCUT2D eigenvalue weighted by Gasteiger charge is 1.94. The van der Waals surface area contributed by atoms with Crippen LogP contribution in [0.1, 0.15) is 12.5 Å². The van der Waals surface area contributed by atoms with Crippen LogP contribution in [0.4, 0.5) is 0 Å². The monoisotopic (exact) mass is 226 g/mol. The van der Waals surface area contributed by atoms with Crippen molar-refractivity contribution in [1.29, 1.82) is 0 Å². The molecule has 0 aliphatic rings. The fourth-order valence-electron chi connectivity index (χ4n) is 0.899. The van der Waals surface area contributed by atoms with E-state index in [1.54, 1.807) is 0 Å². The molecule has 0 spiro atoms. The van der Waals surface area contributed by atoms with Gasteiger partial charge in [-0.15, -0.1) is 0 Å². The minimum atomic E-state index is 0.703. The van der Waals surface area contributed by atoms with E-state index in [-0.39, 0.29) is 0 Å². The predicted octanol–water partition coefficient (Wildman–Crippen LogP) is 3.45. The van der Waals surface area contributed by atoms with Crippen LogP contribution in [0.5, 0.6) is 5.75 Å². The van der Waals surface area contributed by atoms with E-state index < -0.39 is 0 Å². The molecule has 0 saturated heterocycles. The Hall–Kier alpha value is -0.760. The van der Waals surface area contributed by atoms with Gasteiger partial charge >= 0.3 is 0 Å². The van der Waals surface area contributed by atoms with Crippen LogP contribution in [-0.2, 0) is 0 Å². The Balaban J connectivity index is 2.78. The second-order valence-electron chi connectivity index (χ2n) is 2.36. The van der Waals surface area contributed by atoms with Crippen molar-refractivity contribution in [2.24, 2.45) is 0 Å². The zero-order chi connectivity index (χ0) is 8.97. The largest absolute Gasteiger partial charge is 0.494 e. The summed E-state index contributed by atoms with van der Waals surface area (Å²) in [6.45, 7) is 6.45. The van der Waals surface area contributed by atoms with Crippen molar-refractivity contribution in [3.63, 3.8) is 0 Å². The fraction of sp³-hybridized carbons (Fsp3) is 0.200. The summed E-state index contributed by atoms with van der Waals surface area (Å²) in [5.74, 6) is 0.898. The van der Waals surface area contributed by atoms with Crippen molar-refractivity contribution in [3.8, 4) is 5.75 Å². The summed E-state index contributed by atoms with van der Waals surface area (Å²) in [5, 5.41) is 0. The third kappa shape index (κ3) is 2.38. The summed E-state index contributed by atoms with van der Waals surface area (Å²) in [7, 11) is 0. The van der Waals surface area contributed by atoms with E-state index in [1.165, 1.54) is 0 Å². The van der Waals surface area contributed by atoms with Gasteiger partial charge in [0, 0.05) is 4.48 Å². The van der Waals surface area contributed by atoms with E-state index in [2.05, 4.69) is 22.5 Å². The van der Waals surface area contributed by atoms with Crippen LogP contribution < -0.4 is 4.74 Å². The van der Waals surface area contributed by atoms with Crippen LogP contribution in [0.3, 0.4) is 0 Å².